The van der Waals surface area contributed by atoms with Gasteiger partial charge in [-0.2, -0.15) is 13.2 Å². The standard InChI is InChI=1S/C14H20F3NO/c1-2-3-4-5-8-19-12-7-6-11(10-18)13(9-12)14(15,16)17/h6-7,9H,2-5,8,10,18H2,1H3. The second-order valence-electron chi connectivity index (χ2n) is 4.43. The van der Waals surface area contributed by atoms with Gasteiger partial charge in [0.15, 0.2) is 0 Å². The van der Waals surface area contributed by atoms with Crippen molar-refractivity contribution in [2.75, 3.05) is 6.61 Å². The van der Waals surface area contributed by atoms with Gasteiger partial charge in [0.1, 0.15) is 5.75 Å². The highest BCUT2D eigenvalue weighted by Gasteiger charge is 2.33. The highest BCUT2D eigenvalue weighted by atomic mass is 19.4. The number of hydrogen-bond acceptors (Lipinski definition) is 2. The molecule has 1 rings (SSSR count). The zero-order valence-electron chi connectivity index (χ0n) is 11.1. The van der Waals surface area contributed by atoms with Crippen LogP contribution in [0.25, 0.3) is 0 Å². The van der Waals surface area contributed by atoms with Gasteiger partial charge in [-0.25, -0.2) is 0 Å². The molecule has 0 heterocycles. The Balaban J connectivity index is 2.65. The predicted octanol–water partition coefficient (Wildman–Crippen LogP) is 4.12. The molecule has 0 aliphatic rings. The number of rotatable bonds is 7. The molecule has 1 aromatic carbocycles. The molecule has 0 amide bonds. The van der Waals surface area contributed by atoms with Crippen molar-refractivity contribution in [1.29, 1.82) is 0 Å². The van der Waals surface area contributed by atoms with E-state index in [-0.39, 0.29) is 17.9 Å². The molecular formula is C14H20F3NO. The van der Waals surface area contributed by atoms with Crippen molar-refractivity contribution in [1.82, 2.24) is 0 Å². The third-order valence-corrected chi connectivity index (χ3v) is 2.87. The highest BCUT2D eigenvalue weighted by molar-refractivity contribution is 5.37. The normalized spacial score (nSPS) is 11.6. The molecule has 0 saturated carbocycles. The van der Waals surface area contributed by atoms with Crippen molar-refractivity contribution >= 4 is 0 Å². The molecule has 2 N–H and O–H groups in total. The van der Waals surface area contributed by atoms with Gasteiger partial charge < -0.3 is 10.5 Å². The van der Waals surface area contributed by atoms with Crippen molar-refractivity contribution in [3.63, 3.8) is 0 Å². The van der Waals surface area contributed by atoms with Crippen LogP contribution < -0.4 is 10.5 Å². The Kier molecular flexibility index (Phi) is 6.15. The molecule has 0 bridgehead atoms. The first-order chi connectivity index (χ1) is 8.99. The molecule has 19 heavy (non-hydrogen) atoms. The number of unbranched alkanes of at least 4 members (excludes halogenated alkanes) is 3. The zero-order chi connectivity index (χ0) is 14.3. The van der Waals surface area contributed by atoms with Crippen molar-refractivity contribution < 1.29 is 17.9 Å². The van der Waals surface area contributed by atoms with Gasteiger partial charge >= 0.3 is 6.18 Å². The minimum Gasteiger partial charge on any atom is -0.494 e. The summed E-state index contributed by atoms with van der Waals surface area (Å²) in [4.78, 5) is 0. The Labute approximate surface area is 111 Å². The van der Waals surface area contributed by atoms with E-state index in [0.29, 0.717) is 6.61 Å². The van der Waals surface area contributed by atoms with Crippen LogP contribution in [0.15, 0.2) is 18.2 Å². The first-order valence-corrected chi connectivity index (χ1v) is 6.52. The Morgan fingerprint density at radius 3 is 2.47 bits per heavy atom. The third kappa shape index (κ3) is 5.11. The smallest absolute Gasteiger partial charge is 0.416 e. The van der Waals surface area contributed by atoms with Crippen LogP contribution >= 0.6 is 0 Å². The molecule has 0 unspecified atom stereocenters. The number of halogens is 3. The van der Waals surface area contributed by atoms with Crippen LogP contribution in [0, 0.1) is 0 Å². The lowest BCUT2D eigenvalue weighted by Gasteiger charge is -2.14. The number of benzene rings is 1. The van der Waals surface area contributed by atoms with E-state index in [1.54, 1.807) is 0 Å². The van der Waals surface area contributed by atoms with E-state index in [1.807, 2.05) is 0 Å². The summed E-state index contributed by atoms with van der Waals surface area (Å²) in [5.41, 5.74) is 4.69. The Morgan fingerprint density at radius 1 is 1.16 bits per heavy atom. The quantitative estimate of drug-likeness (QED) is 0.760. The molecule has 0 saturated heterocycles. The molecule has 0 radical (unpaired) electrons. The average Bonchev–Trinajstić information content (AvgIpc) is 2.37. The van der Waals surface area contributed by atoms with Gasteiger partial charge in [-0.1, -0.05) is 32.3 Å². The largest absolute Gasteiger partial charge is 0.494 e. The molecule has 1 aromatic rings. The highest BCUT2D eigenvalue weighted by Crippen LogP contribution is 2.34. The topological polar surface area (TPSA) is 35.2 Å². The lowest BCUT2D eigenvalue weighted by molar-refractivity contribution is -0.138. The molecule has 0 aliphatic heterocycles. The van der Waals surface area contributed by atoms with E-state index in [2.05, 4.69) is 6.92 Å². The van der Waals surface area contributed by atoms with Crippen LogP contribution in [-0.4, -0.2) is 6.61 Å². The summed E-state index contributed by atoms with van der Waals surface area (Å²) < 4.78 is 43.7. The summed E-state index contributed by atoms with van der Waals surface area (Å²) >= 11 is 0. The van der Waals surface area contributed by atoms with Crippen molar-refractivity contribution in [2.24, 2.45) is 5.73 Å². The maximum Gasteiger partial charge on any atom is 0.416 e. The molecule has 0 aliphatic carbocycles. The first-order valence-electron chi connectivity index (χ1n) is 6.52. The number of ether oxygens (including phenoxy) is 1. The molecule has 108 valence electrons. The average molecular weight is 275 g/mol. The molecule has 0 aromatic heterocycles. The van der Waals surface area contributed by atoms with Gasteiger partial charge in [-0.15, -0.1) is 0 Å². The van der Waals surface area contributed by atoms with E-state index < -0.39 is 11.7 Å². The van der Waals surface area contributed by atoms with E-state index in [1.165, 1.54) is 12.1 Å². The van der Waals surface area contributed by atoms with Crippen LogP contribution in [0.2, 0.25) is 0 Å². The van der Waals surface area contributed by atoms with Crippen molar-refractivity contribution in [2.45, 2.75) is 45.3 Å². The van der Waals surface area contributed by atoms with E-state index in [9.17, 15) is 13.2 Å². The zero-order valence-corrected chi connectivity index (χ0v) is 11.1. The summed E-state index contributed by atoms with van der Waals surface area (Å²) in [5.74, 6) is 0.251. The molecule has 5 heteroatoms. The molecule has 0 atom stereocenters. The van der Waals surface area contributed by atoms with E-state index in [0.717, 1.165) is 31.7 Å². The van der Waals surface area contributed by atoms with Crippen molar-refractivity contribution in [3.05, 3.63) is 29.3 Å². The maximum atomic E-state index is 12.8. The van der Waals surface area contributed by atoms with Gasteiger partial charge in [0.2, 0.25) is 0 Å². The molecule has 0 spiro atoms. The molecule has 2 nitrogen and oxygen atoms in total. The van der Waals surface area contributed by atoms with E-state index >= 15 is 0 Å². The summed E-state index contributed by atoms with van der Waals surface area (Å²) in [5, 5.41) is 0. The maximum absolute atomic E-state index is 12.8. The fraction of sp³-hybridized carbons (Fsp3) is 0.571. The van der Waals surface area contributed by atoms with Gasteiger partial charge in [0.05, 0.1) is 12.2 Å². The first kappa shape index (κ1) is 15.8. The van der Waals surface area contributed by atoms with Gasteiger partial charge in [0.25, 0.3) is 0 Å². The van der Waals surface area contributed by atoms with Gasteiger partial charge in [-0.05, 0) is 24.1 Å². The fourth-order valence-corrected chi connectivity index (χ4v) is 1.81. The Bertz CT molecular complexity index is 391. The van der Waals surface area contributed by atoms with Crippen molar-refractivity contribution in [3.8, 4) is 5.75 Å². The SMILES string of the molecule is CCCCCCOc1ccc(CN)c(C(F)(F)F)c1. The van der Waals surface area contributed by atoms with Crippen LogP contribution in [-0.2, 0) is 12.7 Å². The summed E-state index contributed by atoms with van der Waals surface area (Å²) in [6.07, 6.45) is -0.277. The van der Waals surface area contributed by atoms with Crippen LogP contribution in [0.3, 0.4) is 0 Å². The molecular weight excluding hydrogens is 255 g/mol. The number of alkyl halides is 3. The second-order valence-corrected chi connectivity index (χ2v) is 4.43. The lowest BCUT2D eigenvalue weighted by atomic mass is 10.1. The second kappa shape index (κ2) is 7.38. The number of hydrogen-bond donors (Lipinski definition) is 1. The monoisotopic (exact) mass is 275 g/mol. The summed E-state index contributed by atoms with van der Waals surface area (Å²) in [6.45, 7) is 2.41. The lowest BCUT2D eigenvalue weighted by Crippen LogP contribution is -2.12. The van der Waals surface area contributed by atoms with E-state index in [4.69, 9.17) is 10.5 Å². The number of nitrogens with two attached hydrogens (primary N) is 1. The Hall–Kier alpha value is -1.23. The fourth-order valence-electron chi connectivity index (χ4n) is 1.81. The van der Waals surface area contributed by atoms with Gasteiger partial charge in [-0.3, -0.25) is 0 Å². The van der Waals surface area contributed by atoms with Crippen LogP contribution in [0.5, 0.6) is 5.75 Å². The molecule has 0 fully saturated rings. The predicted molar refractivity (Wildman–Crippen MR) is 69.0 cm³/mol. The third-order valence-electron chi connectivity index (χ3n) is 2.87. The van der Waals surface area contributed by atoms with Crippen LogP contribution in [0.4, 0.5) is 13.2 Å². The minimum atomic E-state index is -4.39. The summed E-state index contributed by atoms with van der Waals surface area (Å²) in [7, 11) is 0. The summed E-state index contributed by atoms with van der Waals surface area (Å²) in [6, 6.07) is 3.95. The van der Waals surface area contributed by atoms with Crippen LogP contribution in [0.1, 0.15) is 43.7 Å². The minimum absolute atomic E-state index is 0.0887. The van der Waals surface area contributed by atoms with Gasteiger partial charge in [0, 0.05) is 6.54 Å². The Morgan fingerprint density at radius 2 is 1.89 bits per heavy atom.